The van der Waals surface area contributed by atoms with Gasteiger partial charge in [-0.2, -0.15) is 0 Å². The molecule has 2 heterocycles. The molecule has 2 N–H and O–H groups in total. The highest BCUT2D eigenvalue weighted by atomic mass is 15.2. The molecule has 1 atom stereocenters. The zero-order valence-electron chi connectivity index (χ0n) is 10.2. The van der Waals surface area contributed by atoms with Gasteiger partial charge in [-0.05, 0) is 23.6 Å². The largest absolute Gasteiger partial charge is 0.348 e. The van der Waals surface area contributed by atoms with Crippen LogP contribution in [0.25, 0.3) is 0 Å². The lowest BCUT2D eigenvalue weighted by Crippen LogP contribution is -2.39. The summed E-state index contributed by atoms with van der Waals surface area (Å²) in [6.07, 6.45) is 4.40. The average molecular weight is 240 g/mol. The number of rotatable bonds is 2. The van der Waals surface area contributed by atoms with Crippen molar-refractivity contribution in [3.63, 3.8) is 0 Å². The summed E-state index contributed by atoms with van der Waals surface area (Å²) >= 11 is 0. The maximum Gasteiger partial charge on any atom is 0.132 e. The maximum absolute atomic E-state index is 5.96. The quantitative estimate of drug-likeness (QED) is 0.865. The summed E-state index contributed by atoms with van der Waals surface area (Å²) in [6, 6.07) is 10.7. The van der Waals surface area contributed by atoms with E-state index in [-0.39, 0.29) is 6.04 Å². The fourth-order valence-electron chi connectivity index (χ4n) is 2.63. The van der Waals surface area contributed by atoms with Crippen LogP contribution in [-0.2, 0) is 6.42 Å². The molecule has 0 saturated carbocycles. The molecule has 1 aromatic heterocycles. The lowest BCUT2D eigenvalue weighted by atomic mass is 9.92. The van der Waals surface area contributed by atoms with Crippen molar-refractivity contribution in [3.05, 3.63) is 54.0 Å². The van der Waals surface area contributed by atoms with Gasteiger partial charge in [0.15, 0.2) is 0 Å². The minimum atomic E-state index is 0.213. The lowest BCUT2D eigenvalue weighted by Gasteiger charge is -2.37. The summed E-state index contributed by atoms with van der Waals surface area (Å²) in [4.78, 5) is 10.6. The molecule has 92 valence electrons. The lowest BCUT2D eigenvalue weighted by molar-refractivity contribution is 0.583. The first-order valence-corrected chi connectivity index (χ1v) is 6.20. The summed E-state index contributed by atoms with van der Waals surface area (Å²) < 4.78 is 0. The Kier molecular flexibility index (Phi) is 2.94. The predicted molar refractivity (Wildman–Crippen MR) is 71.3 cm³/mol. The van der Waals surface area contributed by atoms with Crippen LogP contribution in [0.3, 0.4) is 0 Å². The number of aromatic nitrogens is 2. The third kappa shape index (κ3) is 1.84. The van der Waals surface area contributed by atoms with Gasteiger partial charge in [-0.1, -0.05) is 24.3 Å². The Bertz CT molecular complexity index is 526. The zero-order valence-corrected chi connectivity index (χ0v) is 10.2. The first-order valence-electron chi connectivity index (χ1n) is 6.20. The number of nitrogens with zero attached hydrogens (tertiary/aromatic N) is 3. The van der Waals surface area contributed by atoms with Gasteiger partial charge in [0.2, 0.25) is 0 Å². The minimum Gasteiger partial charge on any atom is -0.348 e. The molecule has 3 rings (SSSR count). The van der Waals surface area contributed by atoms with E-state index in [1.54, 1.807) is 12.5 Å². The van der Waals surface area contributed by atoms with Crippen LogP contribution in [0.1, 0.15) is 17.2 Å². The number of anilines is 1. The highest BCUT2D eigenvalue weighted by molar-refractivity contribution is 5.46. The van der Waals surface area contributed by atoms with Gasteiger partial charge in [-0.15, -0.1) is 0 Å². The van der Waals surface area contributed by atoms with Crippen molar-refractivity contribution in [2.24, 2.45) is 5.73 Å². The molecule has 0 radical (unpaired) electrons. The molecule has 18 heavy (non-hydrogen) atoms. The van der Waals surface area contributed by atoms with Crippen LogP contribution in [-0.4, -0.2) is 23.1 Å². The molecule has 0 bridgehead atoms. The molecule has 4 nitrogen and oxygen atoms in total. The normalized spacial score (nSPS) is 18.5. The monoisotopic (exact) mass is 240 g/mol. The number of fused-ring (bicyclic) bond motifs is 1. The second kappa shape index (κ2) is 4.74. The Labute approximate surface area is 106 Å². The van der Waals surface area contributed by atoms with Gasteiger partial charge in [0.05, 0.1) is 6.04 Å². The van der Waals surface area contributed by atoms with Gasteiger partial charge in [0.1, 0.15) is 12.1 Å². The molecule has 1 unspecified atom stereocenters. The molecular weight excluding hydrogens is 224 g/mol. The van der Waals surface area contributed by atoms with Crippen LogP contribution >= 0.6 is 0 Å². The number of hydrogen-bond donors (Lipinski definition) is 1. The van der Waals surface area contributed by atoms with Crippen LogP contribution in [0.5, 0.6) is 0 Å². The topological polar surface area (TPSA) is 55.0 Å². The molecule has 0 spiro atoms. The van der Waals surface area contributed by atoms with Gasteiger partial charge in [0, 0.05) is 19.3 Å². The van der Waals surface area contributed by atoms with Crippen molar-refractivity contribution in [3.8, 4) is 0 Å². The van der Waals surface area contributed by atoms with E-state index in [1.807, 2.05) is 6.07 Å². The first kappa shape index (κ1) is 11.2. The van der Waals surface area contributed by atoms with Gasteiger partial charge >= 0.3 is 0 Å². The Balaban J connectivity index is 2.00. The zero-order chi connectivity index (χ0) is 12.4. The van der Waals surface area contributed by atoms with Gasteiger partial charge < -0.3 is 10.6 Å². The Morgan fingerprint density at radius 3 is 2.94 bits per heavy atom. The fourth-order valence-corrected chi connectivity index (χ4v) is 2.63. The van der Waals surface area contributed by atoms with Crippen molar-refractivity contribution in [1.29, 1.82) is 0 Å². The molecular formula is C14H16N4. The molecule has 0 fully saturated rings. The molecule has 0 amide bonds. The van der Waals surface area contributed by atoms with E-state index < -0.39 is 0 Å². The van der Waals surface area contributed by atoms with Crippen molar-refractivity contribution >= 4 is 5.82 Å². The smallest absolute Gasteiger partial charge is 0.132 e. The first-order chi connectivity index (χ1) is 8.90. The molecule has 0 saturated heterocycles. The average Bonchev–Trinajstić information content (AvgIpc) is 2.47. The summed E-state index contributed by atoms with van der Waals surface area (Å²) in [7, 11) is 0. The predicted octanol–water partition coefficient (Wildman–Crippen LogP) is 1.54. The van der Waals surface area contributed by atoms with E-state index in [0.29, 0.717) is 6.54 Å². The Morgan fingerprint density at radius 2 is 2.17 bits per heavy atom. The fraction of sp³-hybridized carbons (Fsp3) is 0.286. The van der Waals surface area contributed by atoms with Crippen LogP contribution in [0.15, 0.2) is 42.9 Å². The number of nitrogens with two attached hydrogens (primary N) is 1. The third-order valence-corrected chi connectivity index (χ3v) is 3.50. The van der Waals surface area contributed by atoms with Crippen molar-refractivity contribution in [2.45, 2.75) is 12.5 Å². The molecule has 1 aliphatic rings. The van der Waals surface area contributed by atoms with Gasteiger partial charge in [0.25, 0.3) is 0 Å². The van der Waals surface area contributed by atoms with Crippen molar-refractivity contribution < 1.29 is 0 Å². The minimum absolute atomic E-state index is 0.213. The van der Waals surface area contributed by atoms with E-state index in [4.69, 9.17) is 5.73 Å². The standard InChI is InChI=1S/C14H16N4/c15-9-13-12-4-2-1-3-11(12)6-8-18(13)14-5-7-16-10-17-14/h1-5,7,10,13H,6,8-9,15H2. The number of benzene rings is 1. The van der Waals surface area contributed by atoms with Crippen LogP contribution in [0, 0.1) is 0 Å². The van der Waals surface area contributed by atoms with Crippen molar-refractivity contribution in [1.82, 2.24) is 9.97 Å². The van der Waals surface area contributed by atoms with Crippen LogP contribution < -0.4 is 10.6 Å². The SMILES string of the molecule is NCC1c2ccccc2CCN1c1ccncn1. The van der Waals surface area contributed by atoms with Crippen LogP contribution in [0.4, 0.5) is 5.82 Å². The Morgan fingerprint density at radius 1 is 1.28 bits per heavy atom. The maximum atomic E-state index is 5.96. The third-order valence-electron chi connectivity index (χ3n) is 3.50. The van der Waals surface area contributed by atoms with E-state index in [1.165, 1.54) is 11.1 Å². The van der Waals surface area contributed by atoms with E-state index in [0.717, 1.165) is 18.8 Å². The second-order valence-corrected chi connectivity index (χ2v) is 4.46. The molecule has 1 aliphatic heterocycles. The van der Waals surface area contributed by atoms with E-state index >= 15 is 0 Å². The number of hydrogen-bond acceptors (Lipinski definition) is 4. The summed E-state index contributed by atoms with van der Waals surface area (Å²) in [5.41, 5.74) is 8.69. The second-order valence-electron chi connectivity index (χ2n) is 4.46. The highest BCUT2D eigenvalue weighted by Gasteiger charge is 2.26. The van der Waals surface area contributed by atoms with E-state index in [9.17, 15) is 0 Å². The summed E-state index contributed by atoms with van der Waals surface area (Å²) in [5, 5.41) is 0. The Hall–Kier alpha value is -1.94. The summed E-state index contributed by atoms with van der Waals surface area (Å²) in [6.45, 7) is 1.55. The highest BCUT2D eigenvalue weighted by Crippen LogP contribution is 2.31. The molecule has 4 heteroatoms. The molecule has 1 aromatic carbocycles. The molecule has 0 aliphatic carbocycles. The summed E-state index contributed by atoms with van der Waals surface area (Å²) in [5.74, 6) is 0.954. The molecule has 2 aromatic rings. The van der Waals surface area contributed by atoms with Gasteiger partial charge in [-0.25, -0.2) is 9.97 Å². The van der Waals surface area contributed by atoms with Crippen LogP contribution in [0.2, 0.25) is 0 Å². The van der Waals surface area contributed by atoms with Gasteiger partial charge in [-0.3, -0.25) is 0 Å². The van der Waals surface area contributed by atoms with Crippen molar-refractivity contribution in [2.75, 3.05) is 18.0 Å². The van der Waals surface area contributed by atoms with E-state index in [2.05, 4.69) is 39.1 Å².